The van der Waals surface area contributed by atoms with Crippen LogP contribution < -0.4 is 5.32 Å². The van der Waals surface area contributed by atoms with Gasteiger partial charge in [-0.2, -0.15) is 0 Å². The van der Waals surface area contributed by atoms with Gasteiger partial charge in [-0.1, -0.05) is 6.07 Å². The Bertz CT molecular complexity index is 595. The van der Waals surface area contributed by atoms with E-state index in [1.54, 1.807) is 12.4 Å². The zero-order chi connectivity index (χ0) is 16.2. The number of imide groups is 1. The van der Waals surface area contributed by atoms with Crippen molar-refractivity contribution in [2.75, 3.05) is 26.2 Å². The predicted molar refractivity (Wildman–Crippen MR) is 89.4 cm³/mol. The van der Waals surface area contributed by atoms with Crippen LogP contribution in [0.15, 0.2) is 24.5 Å². The van der Waals surface area contributed by atoms with Gasteiger partial charge in [0.25, 0.3) is 0 Å². The number of likely N-dealkylation sites (tertiary alicyclic amines) is 1. The normalized spacial score (nSPS) is 20.9. The molecule has 2 aliphatic heterocycles. The Morgan fingerprint density at radius 2 is 2.04 bits per heavy atom. The first kappa shape index (κ1) is 18.4. The van der Waals surface area contributed by atoms with Crippen LogP contribution in [0.2, 0.25) is 0 Å². The van der Waals surface area contributed by atoms with Crippen LogP contribution in [0.25, 0.3) is 0 Å². The molecule has 0 aliphatic carbocycles. The average molecular weight is 353 g/mol. The molecule has 2 fully saturated rings. The second kappa shape index (κ2) is 8.21. The van der Waals surface area contributed by atoms with E-state index in [0.717, 1.165) is 12.1 Å². The predicted octanol–water partition coefficient (Wildman–Crippen LogP) is 0.515. The summed E-state index contributed by atoms with van der Waals surface area (Å²) >= 11 is 0. The highest BCUT2D eigenvalue weighted by molar-refractivity contribution is 6.02. The average Bonchev–Trinajstić information content (AvgIpc) is 2.92. The molecule has 0 radical (unpaired) electrons. The van der Waals surface area contributed by atoms with Crippen LogP contribution in [-0.4, -0.2) is 58.7 Å². The van der Waals surface area contributed by atoms with E-state index >= 15 is 0 Å². The summed E-state index contributed by atoms with van der Waals surface area (Å²) in [5, 5.41) is 3.29. The van der Waals surface area contributed by atoms with Crippen molar-refractivity contribution >= 4 is 30.1 Å². The molecule has 0 aromatic carbocycles. The van der Waals surface area contributed by atoms with Crippen molar-refractivity contribution in [1.29, 1.82) is 0 Å². The lowest BCUT2D eigenvalue weighted by atomic mass is 10.0. The summed E-state index contributed by atoms with van der Waals surface area (Å²) in [7, 11) is 0. The number of aromatic nitrogens is 1. The van der Waals surface area contributed by atoms with Gasteiger partial charge in [-0.3, -0.25) is 24.3 Å². The minimum Gasteiger partial charge on any atom is -0.333 e. The quantitative estimate of drug-likeness (QED) is 0.799. The van der Waals surface area contributed by atoms with Gasteiger partial charge >= 0.3 is 0 Å². The van der Waals surface area contributed by atoms with Gasteiger partial charge in [-0.05, 0) is 11.6 Å². The first-order valence-electron chi connectivity index (χ1n) is 7.90. The number of halogens is 1. The summed E-state index contributed by atoms with van der Waals surface area (Å²) in [6.45, 7) is 2.21. The number of hydrogen-bond donors (Lipinski definition) is 1. The fourth-order valence-corrected chi connectivity index (χ4v) is 3.10. The third-order valence-electron chi connectivity index (χ3n) is 4.34. The molecule has 0 saturated carbocycles. The topological polar surface area (TPSA) is 82.6 Å². The molecule has 3 rings (SSSR count). The Morgan fingerprint density at radius 1 is 1.29 bits per heavy atom. The summed E-state index contributed by atoms with van der Waals surface area (Å²) in [6.07, 6.45) is 4.17. The summed E-state index contributed by atoms with van der Waals surface area (Å²) in [4.78, 5) is 43.0. The number of pyridine rings is 1. The largest absolute Gasteiger partial charge is 0.333 e. The van der Waals surface area contributed by atoms with Crippen molar-refractivity contribution < 1.29 is 14.4 Å². The van der Waals surface area contributed by atoms with Gasteiger partial charge in [0.2, 0.25) is 17.7 Å². The highest BCUT2D eigenvalue weighted by atomic mass is 35.5. The maximum Gasteiger partial charge on any atom is 0.229 e. The Hall–Kier alpha value is -1.99. The molecule has 2 saturated heterocycles. The number of carbonyl (C=O) groups excluding carboxylic acids is 3. The second-order valence-electron chi connectivity index (χ2n) is 5.78. The lowest BCUT2D eigenvalue weighted by Crippen LogP contribution is -2.49. The van der Waals surface area contributed by atoms with Crippen LogP contribution in [0.4, 0.5) is 0 Å². The van der Waals surface area contributed by atoms with Gasteiger partial charge in [-0.15, -0.1) is 12.4 Å². The minimum absolute atomic E-state index is 0. The fraction of sp³-hybridized carbons (Fsp3) is 0.500. The first-order valence-corrected chi connectivity index (χ1v) is 7.90. The molecular weight excluding hydrogens is 332 g/mol. The van der Waals surface area contributed by atoms with E-state index < -0.39 is 0 Å². The Labute approximate surface area is 146 Å². The molecule has 8 heteroatoms. The molecule has 7 nitrogen and oxygen atoms in total. The van der Waals surface area contributed by atoms with Crippen LogP contribution in [0.3, 0.4) is 0 Å². The molecule has 1 unspecified atom stereocenters. The monoisotopic (exact) mass is 352 g/mol. The van der Waals surface area contributed by atoms with Crippen molar-refractivity contribution in [3.63, 3.8) is 0 Å². The molecule has 0 spiro atoms. The molecule has 1 N–H and O–H groups in total. The minimum atomic E-state index is -0.174. The number of piperazine rings is 1. The van der Waals surface area contributed by atoms with E-state index in [1.165, 1.54) is 4.90 Å². The zero-order valence-electron chi connectivity index (χ0n) is 13.3. The molecule has 1 aromatic heterocycles. The van der Waals surface area contributed by atoms with E-state index in [9.17, 15) is 14.4 Å². The van der Waals surface area contributed by atoms with Crippen LogP contribution in [-0.2, 0) is 14.4 Å². The first-order chi connectivity index (χ1) is 11.2. The van der Waals surface area contributed by atoms with Gasteiger partial charge in [0, 0.05) is 57.8 Å². The van der Waals surface area contributed by atoms with Gasteiger partial charge in [0.05, 0.1) is 6.04 Å². The van der Waals surface area contributed by atoms with E-state index in [4.69, 9.17) is 0 Å². The number of hydrogen-bond acceptors (Lipinski definition) is 5. The third-order valence-corrected chi connectivity index (χ3v) is 4.34. The number of nitrogens with zero attached hydrogens (tertiary/aromatic N) is 3. The summed E-state index contributed by atoms with van der Waals surface area (Å²) in [5.41, 5.74) is 0.987. The molecule has 3 heterocycles. The molecule has 2 aliphatic rings. The maximum absolute atomic E-state index is 12.6. The van der Waals surface area contributed by atoms with E-state index in [0.29, 0.717) is 13.1 Å². The highest BCUT2D eigenvalue weighted by Gasteiger charge is 2.31. The molecule has 24 heavy (non-hydrogen) atoms. The van der Waals surface area contributed by atoms with Gasteiger partial charge in [0.1, 0.15) is 0 Å². The number of amides is 3. The lowest BCUT2D eigenvalue weighted by Gasteiger charge is -2.36. The SMILES string of the molecule is Cl.O=C1CCC(=O)N1CCC(=O)N1CCNCC1c1cccnc1. The second-order valence-corrected chi connectivity index (χ2v) is 5.78. The van der Waals surface area contributed by atoms with Crippen LogP contribution in [0, 0.1) is 0 Å². The van der Waals surface area contributed by atoms with Gasteiger partial charge < -0.3 is 10.2 Å². The van der Waals surface area contributed by atoms with E-state index in [2.05, 4.69) is 10.3 Å². The van der Waals surface area contributed by atoms with Crippen molar-refractivity contribution in [3.8, 4) is 0 Å². The summed E-state index contributed by atoms with van der Waals surface area (Å²) in [5.74, 6) is -0.383. The smallest absolute Gasteiger partial charge is 0.229 e. The van der Waals surface area contributed by atoms with Crippen LogP contribution in [0.5, 0.6) is 0 Å². The molecule has 3 amide bonds. The highest BCUT2D eigenvalue weighted by Crippen LogP contribution is 2.22. The Balaban J connectivity index is 0.00000208. The number of rotatable bonds is 4. The summed E-state index contributed by atoms with van der Waals surface area (Å²) in [6, 6.07) is 3.75. The maximum atomic E-state index is 12.6. The molecule has 130 valence electrons. The van der Waals surface area contributed by atoms with Crippen molar-refractivity contribution in [2.24, 2.45) is 0 Å². The standard InChI is InChI=1S/C16H20N4O3.ClH/c21-14-3-4-15(22)20(14)8-5-16(23)19-9-7-18-11-13(19)12-2-1-6-17-10-12;/h1-2,6,10,13,18H,3-5,7-9,11H2;1H. The number of nitrogens with one attached hydrogen (secondary N) is 1. The van der Waals surface area contributed by atoms with Gasteiger partial charge in [-0.25, -0.2) is 0 Å². The Morgan fingerprint density at radius 3 is 2.71 bits per heavy atom. The van der Waals surface area contributed by atoms with E-state index in [-0.39, 0.29) is 62.0 Å². The molecule has 1 aromatic rings. The zero-order valence-corrected chi connectivity index (χ0v) is 14.1. The molecular formula is C16H21ClN4O3. The van der Waals surface area contributed by atoms with Crippen molar-refractivity contribution in [2.45, 2.75) is 25.3 Å². The molecule has 1 atom stereocenters. The van der Waals surface area contributed by atoms with Crippen LogP contribution in [0.1, 0.15) is 30.9 Å². The Kier molecular flexibility index (Phi) is 6.28. The number of carbonyl (C=O) groups is 3. The lowest BCUT2D eigenvalue weighted by molar-refractivity contribution is -0.140. The molecule has 0 bridgehead atoms. The van der Waals surface area contributed by atoms with Crippen molar-refractivity contribution in [3.05, 3.63) is 30.1 Å². The van der Waals surface area contributed by atoms with E-state index in [1.807, 2.05) is 17.0 Å². The van der Waals surface area contributed by atoms with Crippen LogP contribution >= 0.6 is 12.4 Å². The van der Waals surface area contributed by atoms with Crippen molar-refractivity contribution in [1.82, 2.24) is 20.1 Å². The summed E-state index contributed by atoms with van der Waals surface area (Å²) < 4.78 is 0. The fourth-order valence-electron chi connectivity index (χ4n) is 3.10. The third kappa shape index (κ3) is 3.91. The van der Waals surface area contributed by atoms with Gasteiger partial charge in [0.15, 0.2) is 0 Å².